The Bertz CT molecular complexity index is 377. The third-order valence-corrected chi connectivity index (χ3v) is 2.54. The maximum absolute atomic E-state index is 10.4. The van der Waals surface area contributed by atoms with Gasteiger partial charge in [-0.05, 0) is 5.56 Å². The lowest BCUT2D eigenvalue weighted by Crippen LogP contribution is -2.09. The van der Waals surface area contributed by atoms with Crippen LogP contribution in [0, 0.1) is 10.1 Å². The number of nitro groups is 1. The number of amidine groups is 1. The Morgan fingerprint density at radius 1 is 1.47 bits per heavy atom. The van der Waals surface area contributed by atoms with Crippen LogP contribution in [0.4, 0.5) is 5.69 Å². The van der Waals surface area contributed by atoms with E-state index in [4.69, 9.17) is 11.6 Å². The molecule has 15 heavy (non-hydrogen) atoms. The fraction of sp³-hybridized carbons (Fsp3) is 0.125. The van der Waals surface area contributed by atoms with Crippen LogP contribution in [-0.4, -0.2) is 10.1 Å². The molecule has 0 aliphatic rings. The summed E-state index contributed by atoms with van der Waals surface area (Å²) in [5.74, 6) is 5.54. The topological polar surface area (TPSA) is 108 Å². The van der Waals surface area contributed by atoms with Crippen molar-refractivity contribution in [3.8, 4) is 0 Å². The molecule has 0 aliphatic carbocycles. The quantitative estimate of drug-likeness (QED) is 0.263. The maximum atomic E-state index is 10.4. The molecule has 0 spiro atoms. The number of nitrogens with zero attached hydrogens (tertiary/aromatic N) is 2. The van der Waals surface area contributed by atoms with E-state index in [1.807, 2.05) is 0 Å². The van der Waals surface area contributed by atoms with Crippen molar-refractivity contribution >= 4 is 22.6 Å². The minimum Gasteiger partial charge on any atom is -0.377 e. The van der Waals surface area contributed by atoms with Crippen LogP contribution in [0.25, 0.3) is 0 Å². The first-order chi connectivity index (χ1) is 7.13. The molecule has 0 fully saturated rings. The SMILES string of the molecule is NN=C(N)SCc1ccc([N+](=O)[O-])cc1. The zero-order valence-corrected chi connectivity index (χ0v) is 8.61. The number of benzene rings is 1. The molecule has 0 amide bonds. The van der Waals surface area contributed by atoms with E-state index in [1.54, 1.807) is 12.1 Å². The summed E-state index contributed by atoms with van der Waals surface area (Å²) in [7, 11) is 0. The van der Waals surface area contributed by atoms with Crippen molar-refractivity contribution in [2.24, 2.45) is 16.7 Å². The van der Waals surface area contributed by atoms with Gasteiger partial charge in [0.1, 0.15) is 0 Å². The molecule has 0 saturated heterocycles. The molecule has 0 atom stereocenters. The zero-order chi connectivity index (χ0) is 11.3. The second-order valence-electron chi connectivity index (χ2n) is 2.68. The summed E-state index contributed by atoms with van der Waals surface area (Å²) in [5, 5.41) is 14.0. The summed E-state index contributed by atoms with van der Waals surface area (Å²) in [6.07, 6.45) is 0. The number of hydrogen-bond acceptors (Lipinski definition) is 5. The highest BCUT2D eigenvalue weighted by Crippen LogP contribution is 2.16. The molecule has 80 valence electrons. The molecule has 0 radical (unpaired) electrons. The highest BCUT2D eigenvalue weighted by atomic mass is 32.2. The molecule has 0 unspecified atom stereocenters. The Balaban J connectivity index is 2.61. The monoisotopic (exact) mass is 226 g/mol. The van der Waals surface area contributed by atoms with Gasteiger partial charge in [0.25, 0.3) is 5.69 Å². The summed E-state index contributed by atoms with van der Waals surface area (Å²) < 4.78 is 0. The van der Waals surface area contributed by atoms with Crippen molar-refractivity contribution in [1.29, 1.82) is 0 Å². The Morgan fingerprint density at radius 3 is 2.53 bits per heavy atom. The Labute approximate surface area is 90.5 Å². The zero-order valence-electron chi connectivity index (χ0n) is 7.79. The van der Waals surface area contributed by atoms with E-state index in [0.717, 1.165) is 5.56 Å². The van der Waals surface area contributed by atoms with Gasteiger partial charge in [0.05, 0.1) is 4.92 Å². The van der Waals surface area contributed by atoms with E-state index < -0.39 is 4.92 Å². The largest absolute Gasteiger partial charge is 0.377 e. The van der Waals surface area contributed by atoms with Crippen LogP contribution < -0.4 is 11.6 Å². The van der Waals surface area contributed by atoms with Crippen LogP contribution in [-0.2, 0) is 5.75 Å². The van der Waals surface area contributed by atoms with E-state index >= 15 is 0 Å². The molecular formula is C8H10N4O2S. The fourth-order valence-electron chi connectivity index (χ4n) is 0.908. The smallest absolute Gasteiger partial charge is 0.269 e. The second-order valence-corrected chi connectivity index (χ2v) is 3.68. The van der Waals surface area contributed by atoms with Crippen molar-refractivity contribution in [2.45, 2.75) is 5.75 Å². The molecule has 1 aromatic carbocycles. The van der Waals surface area contributed by atoms with Crippen LogP contribution >= 0.6 is 11.8 Å². The lowest BCUT2D eigenvalue weighted by molar-refractivity contribution is -0.384. The van der Waals surface area contributed by atoms with Crippen molar-refractivity contribution in [1.82, 2.24) is 0 Å². The molecular weight excluding hydrogens is 216 g/mol. The van der Waals surface area contributed by atoms with Gasteiger partial charge in [-0.2, -0.15) is 5.10 Å². The van der Waals surface area contributed by atoms with Crippen LogP contribution in [0.3, 0.4) is 0 Å². The lowest BCUT2D eigenvalue weighted by Gasteiger charge is -1.99. The van der Waals surface area contributed by atoms with E-state index in [9.17, 15) is 10.1 Å². The van der Waals surface area contributed by atoms with E-state index in [-0.39, 0.29) is 10.9 Å². The molecule has 0 heterocycles. The van der Waals surface area contributed by atoms with Crippen molar-refractivity contribution < 1.29 is 4.92 Å². The van der Waals surface area contributed by atoms with Gasteiger partial charge in [-0.1, -0.05) is 23.9 Å². The molecule has 0 bridgehead atoms. The van der Waals surface area contributed by atoms with Gasteiger partial charge in [-0.3, -0.25) is 10.1 Å². The van der Waals surface area contributed by atoms with Crippen molar-refractivity contribution in [3.63, 3.8) is 0 Å². The van der Waals surface area contributed by atoms with Gasteiger partial charge in [0.15, 0.2) is 5.17 Å². The van der Waals surface area contributed by atoms with Gasteiger partial charge in [-0.25, -0.2) is 0 Å². The Kier molecular flexibility index (Phi) is 3.92. The lowest BCUT2D eigenvalue weighted by atomic mass is 10.2. The molecule has 6 nitrogen and oxygen atoms in total. The van der Waals surface area contributed by atoms with Crippen LogP contribution in [0.5, 0.6) is 0 Å². The van der Waals surface area contributed by atoms with Gasteiger partial charge in [-0.15, -0.1) is 0 Å². The van der Waals surface area contributed by atoms with Crippen LogP contribution in [0.2, 0.25) is 0 Å². The molecule has 0 aliphatic heterocycles. The molecule has 4 N–H and O–H groups in total. The average molecular weight is 226 g/mol. The number of non-ortho nitro benzene ring substituents is 1. The van der Waals surface area contributed by atoms with E-state index in [2.05, 4.69) is 5.10 Å². The average Bonchev–Trinajstić information content (AvgIpc) is 2.26. The minimum absolute atomic E-state index is 0.0733. The van der Waals surface area contributed by atoms with Crippen molar-refractivity contribution in [3.05, 3.63) is 39.9 Å². The first kappa shape index (κ1) is 11.3. The van der Waals surface area contributed by atoms with Crippen molar-refractivity contribution in [2.75, 3.05) is 0 Å². The number of rotatable bonds is 3. The maximum Gasteiger partial charge on any atom is 0.269 e. The summed E-state index contributed by atoms with van der Waals surface area (Å²) in [4.78, 5) is 9.93. The van der Waals surface area contributed by atoms with E-state index in [0.29, 0.717) is 5.75 Å². The molecule has 1 aromatic rings. The highest BCUT2D eigenvalue weighted by Gasteiger charge is 2.04. The number of thioether (sulfide) groups is 1. The standard InChI is InChI=1S/C8H10N4O2S/c9-8(11-10)15-5-6-1-3-7(4-2-6)12(13)14/h1-4H,5,10H2,(H2,9,11). The Hall–Kier alpha value is -1.76. The first-order valence-corrected chi connectivity index (χ1v) is 5.01. The number of hydrazone groups is 1. The number of nitrogens with two attached hydrogens (primary N) is 2. The summed E-state index contributed by atoms with van der Waals surface area (Å²) in [5.41, 5.74) is 6.38. The highest BCUT2D eigenvalue weighted by molar-refractivity contribution is 8.13. The van der Waals surface area contributed by atoms with Gasteiger partial charge < -0.3 is 11.6 Å². The van der Waals surface area contributed by atoms with Gasteiger partial charge in [0.2, 0.25) is 0 Å². The second kappa shape index (κ2) is 5.20. The predicted octanol–water partition coefficient (Wildman–Crippen LogP) is 1.02. The minimum atomic E-state index is -0.438. The molecule has 1 rings (SSSR count). The first-order valence-electron chi connectivity index (χ1n) is 4.03. The van der Waals surface area contributed by atoms with E-state index in [1.165, 1.54) is 23.9 Å². The predicted molar refractivity (Wildman–Crippen MR) is 60.2 cm³/mol. The molecule has 0 aromatic heterocycles. The third kappa shape index (κ3) is 3.47. The normalized spacial score (nSPS) is 11.3. The summed E-state index contributed by atoms with van der Waals surface area (Å²) >= 11 is 1.28. The van der Waals surface area contributed by atoms with Crippen LogP contribution in [0.15, 0.2) is 29.4 Å². The van der Waals surface area contributed by atoms with Gasteiger partial charge in [0, 0.05) is 17.9 Å². The third-order valence-electron chi connectivity index (χ3n) is 1.66. The fourth-order valence-corrected chi connectivity index (χ4v) is 1.49. The molecule has 0 saturated carbocycles. The molecule has 7 heteroatoms. The van der Waals surface area contributed by atoms with Crippen LogP contribution in [0.1, 0.15) is 5.56 Å². The summed E-state index contributed by atoms with van der Waals surface area (Å²) in [6, 6.07) is 6.25. The summed E-state index contributed by atoms with van der Waals surface area (Å²) in [6.45, 7) is 0. The number of hydrogen-bond donors (Lipinski definition) is 2. The number of nitro benzene ring substituents is 1. The van der Waals surface area contributed by atoms with Gasteiger partial charge >= 0.3 is 0 Å². The Morgan fingerprint density at radius 2 is 2.07 bits per heavy atom.